The number of carbonyl (C=O) groups is 1. The first-order chi connectivity index (χ1) is 13.8. The predicted octanol–water partition coefficient (Wildman–Crippen LogP) is 5.27. The van der Waals surface area contributed by atoms with Crippen LogP contribution in [0.1, 0.15) is 72.6 Å². The molecule has 0 saturated heterocycles. The van der Waals surface area contributed by atoms with Crippen LogP contribution in [0.15, 0.2) is 24.4 Å². The molecule has 2 heterocycles. The van der Waals surface area contributed by atoms with Crippen molar-refractivity contribution < 1.29 is 4.79 Å². The summed E-state index contributed by atoms with van der Waals surface area (Å²) >= 11 is 6.17. The zero-order valence-electron chi connectivity index (χ0n) is 17.8. The second-order valence-corrected chi connectivity index (χ2v) is 8.86. The van der Waals surface area contributed by atoms with Gasteiger partial charge < -0.3 is 10.6 Å². The van der Waals surface area contributed by atoms with E-state index in [-0.39, 0.29) is 17.1 Å². The minimum atomic E-state index is -0.119. The molecule has 0 atom stereocenters. The van der Waals surface area contributed by atoms with Gasteiger partial charge >= 0.3 is 0 Å². The maximum absolute atomic E-state index is 12.7. The van der Waals surface area contributed by atoms with E-state index in [0.29, 0.717) is 17.4 Å². The molecule has 1 saturated carbocycles. The van der Waals surface area contributed by atoms with Gasteiger partial charge in [-0.1, -0.05) is 25.4 Å². The Morgan fingerprint density at radius 1 is 1.17 bits per heavy atom. The topological polar surface area (TPSA) is 66.9 Å². The molecule has 1 fully saturated rings. The van der Waals surface area contributed by atoms with Crippen LogP contribution in [0, 0.1) is 19.8 Å². The van der Waals surface area contributed by atoms with Gasteiger partial charge in [0.2, 0.25) is 0 Å². The molecule has 0 unspecified atom stereocenters. The fourth-order valence-electron chi connectivity index (χ4n) is 3.89. The van der Waals surface area contributed by atoms with E-state index < -0.39 is 0 Å². The first-order valence-electron chi connectivity index (χ1n) is 10.5. The molecule has 1 amide bonds. The molecular weight excluding hydrogens is 384 g/mol. The van der Waals surface area contributed by atoms with Crippen molar-refractivity contribution >= 4 is 23.3 Å². The number of amides is 1. The lowest BCUT2D eigenvalue weighted by Gasteiger charge is -2.29. The van der Waals surface area contributed by atoms with Gasteiger partial charge in [-0.2, -0.15) is 0 Å². The summed E-state index contributed by atoms with van der Waals surface area (Å²) in [7, 11) is 0. The van der Waals surface area contributed by atoms with Crippen molar-refractivity contribution in [3.05, 3.63) is 51.9 Å². The van der Waals surface area contributed by atoms with Gasteiger partial charge in [0, 0.05) is 24.5 Å². The number of pyridine rings is 2. The third-order valence-corrected chi connectivity index (χ3v) is 5.92. The van der Waals surface area contributed by atoms with Crippen molar-refractivity contribution in [1.29, 1.82) is 0 Å². The van der Waals surface area contributed by atoms with Crippen LogP contribution in [0.2, 0.25) is 5.15 Å². The van der Waals surface area contributed by atoms with Gasteiger partial charge in [-0.3, -0.25) is 4.79 Å². The summed E-state index contributed by atoms with van der Waals surface area (Å²) in [6.45, 7) is 9.19. The molecular formula is C23H31ClN4O. The van der Waals surface area contributed by atoms with Crippen molar-refractivity contribution in [3.63, 3.8) is 0 Å². The Hall–Kier alpha value is -2.14. The van der Waals surface area contributed by atoms with Crippen molar-refractivity contribution in [3.8, 4) is 0 Å². The Balaban J connectivity index is 1.49. The lowest BCUT2D eigenvalue weighted by atomic mass is 9.86. The Morgan fingerprint density at radius 2 is 1.90 bits per heavy atom. The van der Waals surface area contributed by atoms with Crippen molar-refractivity contribution in [2.45, 2.75) is 65.3 Å². The molecule has 29 heavy (non-hydrogen) atoms. The SMILES string of the molecule is Cc1cc(C)nc(NC[C@H]2CC[C@H](NC(=O)c3cc(C(C)C)cnc3Cl)CC2)c1. The molecule has 0 spiro atoms. The number of aryl methyl sites for hydroxylation is 2. The van der Waals surface area contributed by atoms with Crippen LogP contribution in [0.3, 0.4) is 0 Å². The molecule has 6 heteroatoms. The summed E-state index contributed by atoms with van der Waals surface area (Å²) in [5.41, 5.74) is 3.76. The van der Waals surface area contributed by atoms with Crippen LogP contribution in [-0.2, 0) is 0 Å². The monoisotopic (exact) mass is 414 g/mol. The number of aromatic nitrogens is 2. The van der Waals surface area contributed by atoms with E-state index in [9.17, 15) is 4.79 Å². The van der Waals surface area contributed by atoms with Crippen molar-refractivity contribution in [2.75, 3.05) is 11.9 Å². The number of halogens is 1. The molecule has 0 aliphatic heterocycles. The average Bonchev–Trinajstić information content (AvgIpc) is 2.67. The fourth-order valence-corrected chi connectivity index (χ4v) is 4.08. The van der Waals surface area contributed by atoms with Crippen molar-refractivity contribution in [2.24, 2.45) is 5.92 Å². The van der Waals surface area contributed by atoms with Crippen LogP contribution < -0.4 is 10.6 Å². The van der Waals surface area contributed by atoms with Gasteiger partial charge in [0.15, 0.2) is 0 Å². The van der Waals surface area contributed by atoms with Crippen molar-refractivity contribution in [1.82, 2.24) is 15.3 Å². The standard InChI is InChI=1S/C23H31ClN4O/c1-14(2)18-11-20(22(24)26-13-18)23(29)28-19-7-5-17(6-8-19)12-25-21-10-15(3)9-16(4)27-21/h9-11,13-14,17,19H,5-8,12H2,1-4H3,(H,25,27)(H,28,29)/t17-,19-. The molecule has 0 bridgehead atoms. The number of hydrogen-bond donors (Lipinski definition) is 2. The second kappa shape index (κ2) is 9.57. The van der Waals surface area contributed by atoms with Crippen LogP contribution in [-0.4, -0.2) is 28.5 Å². The summed E-state index contributed by atoms with van der Waals surface area (Å²) in [4.78, 5) is 21.4. The minimum Gasteiger partial charge on any atom is -0.370 e. The van der Waals surface area contributed by atoms with E-state index in [0.717, 1.165) is 49.3 Å². The van der Waals surface area contributed by atoms with E-state index in [1.54, 1.807) is 6.20 Å². The third kappa shape index (κ3) is 5.92. The lowest BCUT2D eigenvalue weighted by molar-refractivity contribution is 0.0922. The summed E-state index contributed by atoms with van der Waals surface area (Å²) < 4.78 is 0. The van der Waals surface area contributed by atoms with E-state index in [1.165, 1.54) is 5.56 Å². The highest BCUT2D eigenvalue weighted by molar-refractivity contribution is 6.32. The number of hydrogen-bond acceptors (Lipinski definition) is 4. The van der Waals surface area contributed by atoms with Gasteiger partial charge in [-0.25, -0.2) is 9.97 Å². The van der Waals surface area contributed by atoms with Gasteiger partial charge in [-0.05, 0) is 80.7 Å². The molecule has 2 aromatic heterocycles. The van der Waals surface area contributed by atoms with Gasteiger partial charge in [0.05, 0.1) is 5.56 Å². The maximum atomic E-state index is 12.7. The van der Waals surface area contributed by atoms with Crippen LogP contribution in [0.5, 0.6) is 0 Å². The molecule has 156 valence electrons. The van der Waals surface area contributed by atoms with Crippen LogP contribution >= 0.6 is 11.6 Å². The van der Waals surface area contributed by atoms with Gasteiger partial charge in [-0.15, -0.1) is 0 Å². The quantitative estimate of drug-likeness (QED) is 0.631. The predicted molar refractivity (Wildman–Crippen MR) is 119 cm³/mol. The molecule has 1 aliphatic rings. The Bertz CT molecular complexity index is 840. The summed E-state index contributed by atoms with van der Waals surface area (Å²) in [5, 5.41) is 6.90. The lowest BCUT2D eigenvalue weighted by Crippen LogP contribution is -2.38. The Labute approximate surface area is 178 Å². The van der Waals surface area contributed by atoms with Crippen LogP contribution in [0.25, 0.3) is 0 Å². The second-order valence-electron chi connectivity index (χ2n) is 8.50. The molecule has 2 aromatic rings. The van der Waals surface area contributed by atoms with E-state index in [1.807, 2.05) is 13.0 Å². The molecule has 3 rings (SSSR count). The fraction of sp³-hybridized carbons (Fsp3) is 0.522. The Kier molecular flexibility index (Phi) is 7.12. The number of anilines is 1. The normalized spacial score (nSPS) is 19.2. The molecule has 2 N–H and O–H groups in total. The summed E-state index contributed by atoms with van der Waals surface area (Å²) in [6.07, 6.45) is 5.87. The highest BCUT2D eigenvalue weighted by atomic mass is 35.5. The van der Waals surface area contributed by atoms with Gasteiger partial charge in [0.25, 0.3) is 5.91 Å². The molecule has 5 nitrogen and oxygen atoms in total. The molecule has 0 radical (unpaired) electrons. The zero-order valence-corrected chi connectivity index (χ0v) is 18.5. The minimum absolute atomic E-state index is 0.119. The highest BCUT2D eigenvalue weighted by Crippen LogP contribution is 2.26. The summed E-state index contributed by atoms with van der Waals surface area (Å²) in [5.74, 6) is 1.73. The zero-order chi connectivity index (χ0) is 21.0. The Morgan fingerprint density at radius 3 is 2.55 bits per heavy atom. The highest BCUT2D eigenvalue weighted by Gasteiger charge is 2.24. The molecule has 0 aromatic carbocycles. The third-order valence-electron chi connectivity index (χ3n) is 5.62. The smallest absolute Gasteiger partial charge is 0.254 e. The van der Waals surface area contributed by atoms with E-state index >= 15 is 0 Å². The van der Waals surface area contributed by atoms with E-state index in [4.69, 9.17) is 11.6 Å². The molecule has 1 aliphatic carbocycles. The average molecular weight is 415 g/mol. The summed E-state index contributed by atoms with van der Waals surface area (Å²) in [6, 6.07) is 6.22. The largest absolute Gasteiger partial charge is 0.370 e. The van der Waals surface area contributed by atoms with Crippen LogP contribution in [0.4, 0.5) is 5.82 Å². The number of nitrogens with zero attached hydrogens (tertiary/aromatic N) is 2. The maximum Gasteiger partial charge on any atom is 0.254 e. The van der Waals surface area contributed by atoms with E-state index in [2.05, 4.69) is 53.5 Å². The number of rotatable bonds is 6. The number of nitrogens with one attached hydrogen (secondary N) is 2. The number of carbonyl (C=O) groups excluding carboxylic acids is 1. The first kappa shape index (κ1) is 21.6. The van der Waals surface area contributed by atoms with Gasteiger partial charge in [0.1, 0.15) is 11.0 Å². The first-order valence-corrected chi connectivity index (χ1v) is 10.8.